The second-order valence-electron chi connectivity index (χ2n) is 6.96. The van der Waals surface area contributed by atoms with Gasteiger partial charge in [0.15, 0.2) is 11.6 Å². The molecule has 2 aromatic carbocycles. The molecule has 0 saturated heterocycles. The van der Waals surface area contributed by atoms with E-state index >= 15 is 0 Å². The number of halogens is 2. The Morgan fingerprint density at radius 1 is 0.879 bits per heavy atom. The van der Waals surface area contributed by atoms with Gasteiger partial charge < -0.3 is 18.9 Å². The van der Waals surface area contributed by atoms with Crippen molar-refractivity contribution in [1.29, 1.82) is 0 Å². The van der Waals surface area contributed by atoms with Crippen LogP contribution in [0.25, 0.3) is 11.1 Å². The lowest BCUT2D eigenvalue weighted by Crippen LogP contribution is -2.09. The summed E-state index contributed by atoms with van der Waals surface area (Å²) in [6, 6.07) is 9.28. The number of esters is 2. The fourth-order valence-electron chi connectivity index (χ4n) is 2.61. The van der Waals surface area contributed by atoms with Crippen LogP contribution in [0.3, 0.4) is 0 Å². The highest BCUT2D eigenvalue weighted by Crippen LogP contribution is 2.31. The van der Waals surface area contributed by atoms with Crippen molar-refractivity contribution in [3.8, 4) is 22.6 Å². The summed E-state index contributed by atoms with van der Waals surface area (Å²) in [6.45, 7) is 9.02. The predicted octanol–water partition coefficient (Wildman–Crippen LogP) is 5.02. The van der Waals surface area contributed by atoms with Gasteiger partial charge in [-0.25, -0.2) is 14.0 Å². The first-order valence-electron chi connectivity index (χ1n) is 10.3. The van der Waals surface area contributed by atoms with Gasteiger partial charge in [-0.2, -0.15) is 4.39 Å². The Labute approximate surface area is 191 Å². The van der Waals surface area contributed by atoms with E-state index in [9.17, 15) is 18.4 Å². The molecule has 0 saturated carbocycles. The molecule has 6 nitrogen and oxygen atoms in total. The van der Waals surface area contributed by atoms with Gasteiger partial charge in [0, 0.05) is 30.1 Å². The highest BCUT2D eigenvalue weighted by molar-refractivity contribution is 5.86. The van der Waals surface area contributed by atoms with E-state index in [1.165, 1.54) is 12.1 Å². The fourth-order valence-corrected chi connectivity index (χ4v) is 2.61. The Kier molecular flexibility index (Phi) is 10.1. The molecule has 2 rings (SSSR count). The van der Waals surface area contributed by atoms with Crippen LogP contribution in [0.1, 0.15) is 19.8 Å². The van der Waals surface area contributed by atoms with Gasteiger partial charge in [0.1, 0.15) is 5.75 Å². The van der Waals surface area contributed by atoms with Gasteiger partial charge in [-0.15, -0.1) is 0 Å². The van der Waals surface area contributed by atoms with Gasteiger partial charge in [-0.1, -0.05) is 25.3 Å². The van der Waals surface area contributed by atoms with Gasteiger partial charge in [-0.05, 0) is 36.8 Å². The Morgan fingerprint density at radius 3 is 2.15 bits per heavy atom. The molecule has 2 aromatic rings. The maximum atomic E-state index is 14.6. The number of hydrogen-bond donors (Lipinski definition) is 0. The Balaban J connectivity index is 1.86. The molecule has 176 valence electrons. The molecule has 0 fully saturated rings. The molecule has 0 amide bonds. The molecule has 0 aliphatic rings. The van der Waals surface area contributed by atoms with Crippen molar-refractivity contribution < 1.29 is 37.3 Å². The second-order valence-corrected chi connectivity index (χ2v) is 6.96. The maximum absolute atomic E-state index is 14.6. The van der Waals surface area contributed by atoms with E-state index in [1.54, 1.807) is 31.2 Å². The van der Waals surface area contributed by atoms with Crippen molar-refractivity contribution >= 4 is 11.9 Å². The van der Waals surface area contributed by atoms with E-state index in [1.807, 2.05) is 0 Å². The Bertz CT molecular complexity index is 985. The van der Waals surface area contributed by atoms with E-state index in [0.717, 1.165) is 6.08 Å². The van der Waals surface area contributed by atoms with Gasteiger partial charge >= 0.3 is 11.9 Å². The van der Waals surface area contributed by atoms with Crippen molar-refractivity contribution in [2.24, 2.45) is 0 Å². The summed E-state index contributed by atoms with van der Waals surface area (Å²) in [7, 11) is 0. The maximum Gasteiger partial charge on any atom is 0.333 e. The van der Waals surface area contributed by atoms with Crippen LogP contribution in [0.15, 0.2) is 61.2 Å². The minimum absolute atomic E-state index is 0.0541. The molecule has 0 heterocycles. The van der Waals surface area contributed by atoms with E-state index < -0.39 is 23.6 Å². The average molecular weight is 460 g/mol. The Morgan fingerprint density at radius 2 is 1.52 bits per heavy atom. The highest BCUT2D eigenvalue weighted by Gasteiger charge is 2.16. The SMILES string of the molecule is C=CC(=O)OCCCOc1ccc(-c2ccc(OCCCOC(=O)C(=C)C)cc2)c(F)c1F. The molecular weight excluding hydrogens is 434 g/mol. The zero-order valence-corrected chi connectivity index (χ0v) is 18.4. The monoisotopic (exact) mass is 460 g/mol. The van der Waals surface area contributed by atoms with Crippen molar-refractivity contribution in [3.05, 3.63) is 72.8 Å². The third kappa shape index (κ3) is 8.07. The number of ether oxygens (including phenoxy) is 4. The molecule has 33 heavy (non-hydrogen) atoms. The van der Waals surface area contributed by atoms with Crippen molar-refractivity contribution in [3.63, 3.8) is 0 Å². The smallest absolute Gasteiger partial charge is 0.333 e. The number of carbonyl (C=O) groups is 2. The van der Waals surface area contributed by atoms with Crippen molar-refractivity contribution in [2.45, 2.75) is 19.8 Å². The minimum Gasteiger partial charge on any atom is -0.493 e. The van der Waals surface area contributed by atoms with Crippen LogP contribution in [0.4, 0.5) is 8.78 Å². The normalized spacial score (nSPS) is 10.3. The van der Waals surface area contributed by atoms with E-state index in [2.05, 4.69) is 13.2 Å². The van der Waals surface area contributed by atoms with Crippen LogP contribution in [-0.4, -0.2) is 38.4 Å². The zero-order chi connectivity index (χ0) is 24.2. The summed E-state index contributed by atoms with van der Waals surface area (Å²) in [5, 5.41) is 0. The van der Waals surface area contributed by atoms with E-state index in [-0.39, 0.29) is 31.1 Å². The molecule has 0 radical (unpaired) electrons. The van der Waals surface area contributed by atoms with E-state index in [4.69, 9.17) is 18.9 Å². The van der Waals surface area contributed by atoms with E-state index in [0.29, 0.717) is 36.3 Å². The second kappa shape index (κ2) is 13.0. The molecule has 8 heteroatoms. The Hall–Kier alpha value is -3.68. The topological polar surface area (TPSA) is 71.1 Å². The first-order chi connectivity index (χ1) is 15.8. The lowest BCUT2D eigenvalue weighted by Gasteiger charge is -2.11. The van der Waals surface area contributed by atoms with Crippen LogP contribution >= 0.6 is 0 Å². The lowest BCUT2D eigenvalue weighted by molar-refractivity contribution is -0.139. The minimum atomic E-state index is -1.10. The predicted molar refractivity (Wildman–Crippen MR) is 119 cm³/mol. The third-order valence-electron chi connectivity index (χ3n) is 4.31. The number of benzene rings is 2. The molecule has 0 aromatic heterocycles. The number of rotatable bonds is 13. The summed E-state index contributed by atoms with van der Waals surface area (Å²) in [4.78, 5) is 22.2. The molecule has 0 spiro atoms. The zero-order valence-electron chi connectivity index (χ0n) is 18.4. The summed E-state index contributed by atoms with van der Waals surface area (Å²) < 4.78 is 49.5. The average Bonchev–Trinajstić information content (AvgIpc) is 2.81. The van der Waals surface area contributed by atoms with Crippen LogP contribution in [0.2, 0.25) is 0 Å². The summed E-state index contributed by atoms with van der Waals surface area (Å²) in [6.07, 6.45) is 1.86. The van der Waals surface area contributed by atoms with Crippen LogP contribution in [-0.2, 0) is 19.1 Å². The quantitative estimate of drug-likeness (QED) is 0.238. The van der Waals surface area contributed by atoms with Gasteiger partial charge in [0.25, 0.3) is 0 Å². The standard InChI is InChI=1S/C25H26F2O6/c1-4-22(28)32-15-6-14-31-21-12-11-20(23(26)24(21)27)18-7-9-19(10-8-18)30-13-5-16-33-25(29)17(2)3/h4,7-12H,1-2,5-6,13-16H2,3H3. The first kappa shape index (κ1) is 25.6. The van der Waals surface area contributed by atoms with Crippen molar-refractivity contribution in [1.82, 2.24) is 0 Å². The lowest BCUT2D eigenvalue weighted by atomic mass is 10.0. The molecule has 0 N–H and O–H groups in total. The van der Waals surface area contributed by atoms with Crippen LogP contribution in [0.5, 0.6) is 11.5 Å². The molecule has 0 bridgehead atoms. The molecule has 0 atom stereocenters. The fraction of sp³-hybridized carbons (Fsp3) is 0.280. The van der Waals surface area contributed by atoms with Gasteiger partial charge in [0.05, 0.1) is 26.4 Å². The molecule has 0 aliphatic heterocycles. The molecular formula is C25H26F2O6. The largest absolute Gasteiger partial charge is 0.493 e. The number of carbonyl (C=O) groups excluding carboxylic acids is 2. The van der Waals surface area contributed by atoms with Gasteiger partial charge in [0.2, 0.25) is 5.82 Å². The van der Waals surface area contributed by atoms with Crippen molar-refractivity contribution in [2.75, 3.05) is 26.4 Å². The molecule has 0 aliphatic carbocycles. The summed E-state index contributed by atoms with van der Waals surface area (Å²) in [5.74, 6) is -2.81. The van der Waals surface area contributed by atoms with Crippen LogP contribution < -0.4 is 9.47 Å². The van der Waals surface area contributed by atoms with Crippen LogP contribution in [0, 0.1) is 11.6 Å². The summed E-state index contributed by atoms with van der Waals surface area (Å²) >= 11 is 0. The summed E-state index contributed by atoms with van der Waals surface area (Å²) in [5.41, 5.74) is 0.886. The highest BCUT2D eigenvalue weighted by atomic mass is 19.2. The molecule has 0 unspecified atom stereocenters. The third-order valence-corrected chi connectivity index (χ3v) is 4.31. The number of hydrogen-bond acceptors (Lipinski definition) is 6. The first-order valence-corrected chi connectivity index (χ1v) is 10.3. The van der Waals surface area contributed by atoms with Gasteiger partial charge in [-0.3, -0.25) is 0 Å².